The first kappa shape index (κ1) is 18.2. The molecular formula is C23H23N3O2. The minimum atomic E-state index is -0.135. The van der Waals surface area contributed by atoms with Crippen LogP contribution in [0.15, 0.2) is 59.9 Å². The fourth-order valence-electron chi connectivity index (χ4n) is 3.94. The second kappa shape index (κ2) is 7.43. The summed E-state index contributed by atoms with van der Waals surface area (Å²) < 4.78 is 0. The average Bonchev–Trinajstić information content (AvgIpc) is 3.23. The number of likely N-dealkylation sites (tertiary alicyclic amines) is 1. The standard InChI is InChI=1S/C23H23N3O2/c1-3-15-7-5-6-8-18(15)16-9-10-20-19(13-16)23(28)25-22(24-20)17-11-12-26(14-17)21(27)4-2/h4-10,13,17H,2-3,11-12,14H2,1H3,(H,24,25,28). The van der Waals surface area contributed by atoms with E-state index >= 15 is 0 Å². The Morgan fingerprint density at radius 2 is 2.14 bits per heavy atom. The number of benzene rings is 2. The first-order chi connectivity index (χ1) is 13.6. The summed E-state index contributed by atoms with van der Waals surface area (Å²) >= 11 is 0. The highest BCUT2D eigenvalue weighted by Gasteiger charge is 2.28. The molecule has 1 aromatic heterocycles. The molecule has 0 saturated carbocycles. The Labute approximate surface area is 163 Å². The molecule has 0 bridgehead atoms. The maximum atomic E-state index is 12.8. The Kier molecular flexibility index (Phi) is 4.82. The normalized spacial score (nSPS) is 16.5. The van der Waals surface area contributed by atoms with Crippen LogP contribution in [0.25, 0.3) is 22.0 Å². The summed E-state index contributed by atoms with van der Waals surface area (Å²) in [6.07, 6.45) is 3.05. The van der Waals surface area contributed by atoms with E-state index in [-0.39, 0.29) is 17.4 Å². The zero-order chi connectivity index (χ0) is 19.7. The number of rotatable bonds is 4. The molecule has 4 rings (SSSR count). The van der Waals surface area contributed by atoms with Crippen molar-refractivity contribution in [2.45, 2.75) is 25.7 Å². The van der Waals surface area contributed by atoms with Gasteiger partial charge in [-0.05, 0) is 47.7 Å². The molecule has 1 N–H and O–H groups in total. The fraction of sp³-hybridized carbons (Fsp3) is 0.261. The van der Waals surface area contributed by atoms with E-state index in [0.29, 0.717) is 29.8 Å². The van der Waals surface area contributed by atoms with E-state index in [1.807, 2.05) is 30.3 Å². The molecular weight excluding hydrogens is 350 g/mol. The highest BCUT2D eigenvalue weighted by Crippen LogP contribution is 2.28. The van der Waals surface area contributed by atoms with Gasteiger partial charge < -0.3 is 9.88 Å². The molecule has 1 aliphatic heterocycles. The number of carbonyl (C=O) groups is 1. The van der Waals surface area contributed by atoms with Crippen molar-refractivity contribution in [3.8, 4) is 11.1 Å². The van der Waals surface area contributed by atoms with E-state index in [9.17, 15) is 9.59 Å². The summed E-state index contributed by atoms with van der Waals surface area (Å²) in [6.45, 7) is 6.88. The van der Waals surface area contributed by atoms with Crippen LogP contribution in [0.2, 0.25) is 0 Å². The second-order valence-corrected chi connectivity index (χ2v) is 7.17. The molecule has 28 heavy (non-hydrogen) atoms. The summed E-state index contributed by atoms with van der Waals surface area (Å²) in [4.78, 5) is 34.0. The Morgan fingerprint density at radius 3 is 2.93 bits per heavy atom. The maximum absolute atomic E-state index is 12.8. The Morgan fingerprint density at radius 1 is 1.32 bits per heavy atom. The molecule has 1 amide bonds. The first-order valence-corrected chi connectivity index (χ1v) is 9.64. The van der Waals surface area contributed by atoms with Crippen LogP contribution in [0.4, 0.5) is 0 Å². The van der Waals surface area contributed by atoms with Crippen LogP contribution in [-0.2, 0) is 11.2 Å². The second-order valence-electron chi connectivity index (χ2n) is 7.17. The van der Waals surface area contributed by atoms with Gasteiger partial charge in [0.15, 0.2) is 0 Å². The van der Waals surface area contributed by atoms with Gasteiger partial charge in [-0.1, -0.05) is 43.8 Å². The van der Waals surface area contributed by atoms with Gasteiger partial charge in [0.25, 0.3) is 5.56 Å². The van der Waals surface area contributed by atoms with Crippen molar-refractivity contribution in [3.63, 3.8) is 0 Å². The van der Waals surface area contributed by atoms with Crippen molar-refractivity contribution in [1.29, 1.82) is 0 Å². The maximum Gasteiger partial charge on any atom is 0.258 e. The number of amides is 1. The molecule has 1 unspecified atom stereocenters. The first-order valence-electron chi connectivity index (χ1n) is 9.64. The quantitative estimate of drug-likeness (QED) is 0.710. The molecule has 0 aliphatic carbocycles. The van der Waals surface area contributed by atoms with E-state index in [0.717, 1.165) is 24.0 Å². The largest absolute Gasteiger partial charge is 0.338 e. The number of hydrogen-bond donors (Lipinski definition) is 1. The summed E-state index contributed by atoms with van der Waals surface area (Å²) in [5.74, 6) is 0.616. The SMILES string of the molecule is C=CC(=O)N1CCC(c2nc3ccc(-c4ccccc4CC)cc3c(=O)[nH]2)C1. The fourth-order valence-corrected chi connectivity index (χ4v) is 3.94. The predicted octanol–water partition coefficient (Wildman–Crippen LogP) is 3.65. The number of aromatic nitrogens is 2. The zero-order valence-electron chi connectivity index (χ0n) is 15.9. The Bertz CT molecular complexity index is 1120. The lowest BCUT2D eigenvalue weighted by Crippen LogP contribution is -2.26. The van der Waals surface area contributed by atoms with Gasteiger partial charge >= 0.3 is 0 Å². The number of fused-ring (bicyclic) bond motifs is 1. The smallest absolute Gasteiger partial charge is 0.258 e. The monoisotopic (exact) mass is 373 g/mol. The third-order valence-corrected chi connectivity index (χ3v) is 5.49. The lowest BCUT2D eigenvalue weighted by molar-refractivity contribution is -0.125. The molecule has 1 atom stereocenters. The predicted molar refractivity (Wildman–Crippen MR) is 111 cm³/mol. The summed E-state index contributed by atoms with van der Waals surface area (Å²) in [6, 6.07) is 14.1. The van der Waals surface area contributed by atoms with E-state index < -0.39 is 0 Å². The van der Waals surface area contributed by atoms with Crippen molar-refractivity contribution < 1.29 is 4.79 Å². The summed E-state index contributed by atoms with van der Waals surface area (Å²) in [7, 11) is 0. The van der Waals surface area contributed by atoms with Crippen LogP contribution in [0.5, 0.6) is 0 Å². The third kappa shape index (κ3) is 3.24. The number of hydrogen-bond acceptors (Lipinski definition) is 3. The van der Waals surface area contributed by atoms with Gasteiger partial charge in [0, 0.05) is 19.0 Å². The van der Waals surface area contributed by atoms with Crippen molar-refractivity contribution in [1.82, 2.24) is 14.9 Å². The van der Waals surface area contributed by atoms with Gasteiger partial charge in [-0.15, -0.1) is 0 Å². The van der Waals surface area contributed by atoms with Gasteiger partial charge in [-0.2, -0.15) is 0 Å². The number of nitrogens with zero attached hydrogens (tertiary/aromatic N) is 2. The molecule has 2 aromatic carbocycles. The molecule has 5 nitrogen and oxygen atoms in total. The molecule has 0 spiro atoms. The topological polar surface area (TPSA) is 66.1 Å². The molecule has 3 aromatic rings. The van der Waals surface area contributed by atoms with Crippen LogP contribution in [0, 0.1) is 0 Å². The summed E-state index contributed by atoms with van der Waals surface area (Å²) in [5.41, 5.74) is 3.97. The van der Waals surface area contributed by atoms with E-state index in [4.69, 9.17) is 4.98 Å². The molecule has 2 heterocycles. The van der Waals surface area contributed by atoms with Crippen LogP contribution in [0.3, 0.4) is 0 Å². The molecule has 142 valence electrons. The highest BCUT2D eigenvalue weighted by atomic mass is 16.2. The molecule has 1 aliphatic rings. The minimum absolute atomic E-state index is 0.0430. The van der Waals surface area contributed by atoms with Gasteiger partial charge in [0.1, 0.15) is 5.82 Å². The Hall–Kier alpha value is -3.21. The molecule has 1 fully saturated rings. The van der Waals surface area contributed by atoms with E-state index in [1.54, 1.807) is 4.90 Å². The van der Waals surface area contributed by atoms with Gasteiger partial charge in [0.2, 0.25) is 5.91 Å². The zero-order valence-corrected chi connectivity index (χ0v) is 15.9. The van der Waals surface area contributed by atoms with Crippen molar-refractivity contribution >= 4 is 16.8 Å². The van der Waals surface area contributed by atoms with Gasteiger partial charge in [-0.3, -0.25) is 9.59 Å². The lowest BCUT2D eigenvalue weighted by Gasteiger charge is -2.14. The van der Waals surface area contributed by atoms with Crippen LogP contribution in [0.1, 0.15) is 30.7 Å². The molecule has 1 saturated heterocycles. The van der Waals surface area contributed by atoms with Gasteiger partial charge in [0.05, 0.1) is 10.9 Å². The number of aromatic amines is 1. The van der Waals surface area contributed by atoms with Crippen LogP contribution >= 0.6 is 0 Å². The van der Waals surface area contributed by atoms with Crippen LogP contribution in [-0.4, -0.2) is 33.9 Å². The summed E-state index contributed by atoms with van der Waals surface area (Å²) in [5, 5.41) is 0.587. The number of carbonyl (C=O) groups excluding carboxylic acids is 1. The number of nitrogens with one attached hydrogen (secondary N) is 1. The van der Waals surface area contributed by atoms with Crippen molar-refractivity contribution in [3.05, 3.63) is 76.9 Å². The molecule has 0 radical (unpaired) electrons. The number of H-pyrrole nitrogens is 1. The van der Waals surface area contributed by atoms with E-state index in [1.165, 1.54) is 11.6 Å². The van der Waals surface area contributed by atoms with Crippen molar-refractivity contribution in [2.75, 3.05) is 13.1 Å². The minimum Gasteiger partial charge on any atom is -0.338 e. The average molecular weight is 373 g/mol. The van der Waals surface area contributed by atoms with Crippen molar-refractivity contribution in [2.24, 2.45) is 0 Å². The third-order valence-electron chi connectivity index (χ3n) is 5.49. The molecule has 5 heteroatoms. The Balaban J connectivity index is 1.70. The number of aryl methyl sites for hydroxylation is 1. The highest BCUT2D eigenvalue weighted by molar-refractivity contribution is 5.87. The lowest BCUT2D eigenvalue weighted by atomic mass is 9.97. The van der Waals surface area contributed by atoms with E-state index in [2.05, 4.69) is 30.6 Å². The van der Waals surface area contributed by atoms with Gasteiger partial charge in [-0.25, -0.2) is 4.98 Å². The van der Waals surface area contributed by atoms with Crippen LogP contribution < -0.4 is 5.56 Å².